The van der Waals surface area contributed by atoms with Crippen LogP contribution in [0.15, 0.2) is 41.3 Å². The van der Waals surface area contributed by atoms with Crippen molar-refractivity contribution in [3.05, 3.63) is 47.8 Å². The highest BCUT2D eigenvalue weighted by Gasteiger charge is 2.52. The van der Waals surface area contributed by atoms with E-state index >= 15 is 4.39 Å². The monoisotopic (exact) mass is 696 g/mol. The Bertz CT molecular complexity index is 1520. The van der Waals surface area contributed by atoms with Crippen LogP contribution >= 0.6 is 0 Å². The van der Waals surface area contributed by atoms with E-state index < -0.39 is 56.8 Å². The van der Waals surface area contributed by atoms with Crippen molar-refractivity contribution < 1.29 is 50.7 Å². The average Bonchev–Trinajstić information content (AvgIpc) is 3.62. The first-order valence-electron chi connectivity index (χ1n) is 16.0. The highest BCUT2D eigenvalue weighted by Crippen LogP contribution is 2.49. The number of carbonyl (C=O) groups excluding carboxylic acids is 3. The smallest absolute Gasteiger partial charge is 0.578 e. The Kier molecular flexibility index (Phi) is 10.5. The molecule has 2 N–H and O–H groups in total. The SMILES string of the molecule is COc1cc(F)c(OC2CCC(C(=O)OC(C)(C)C)CC2)cc1C(=O)NC1C2CCC(C2)C1C(=O)Nc1cccc([S+]([O-])C(F)(F)F)c1. The summed E-state index contributed by atoms with van der Waals surface area (Å²) < 4.78 is 82.8. The van der Waals surface area contributed by atoms with E-state index in [1.165, 1.54) is 25.3 Å². The van der Waals surface area contributed by atoms with Gasteiger partial charge in [0.2, 0.25) is 5.91 Å². The van der Waals surface area contributed by atoms with Crippen LogP contribution in [-0.2, 0) is 25.5 Å². The van der Waals surface area contributed by atoms with Crippen LogP contribution < -0.4 is 20.1 Å². The largest absolute Gasteiger partial charge is 0.604 e. The van der Waals surface area contributed by atoms with Crippen LogP contribution in [0, 0.1) is 29.5 Å². The van der Waals surface area contributed by atoms with Gasteiger partial charge in [-0.2, -0.15) is 0 Å². The number of esters is 1. The molecule has 2 aromatic carbocycles. The molecule has 9 nitrogen and oxygen atoms in total. The highest BCUT2D eigenvalue weighted by molar-refractivity contribution is 7.92. The molecule has 2 aromatic rings. The molecule has 0 spiro atoms. The van der Waals surface area contributed by atoms with Crippen LogP contribution in [0.4, 0.5) is 23.2 Å². The van der Waals surface area contributed by atoms with E-state index in [2.05, 4.69) is 10.6 Å². The Hall–Kier alpha value is -3.52. The van der Waals surface area contributed by atoms with Crippen molar-refractivity contribution in [1.29, 1.82) is 0 Å². The lowest BCUT2D eigenvalue weighted by atomic mass is 9.83. The summed E-state index contributed by atoms with van der Waals surface area (Å²) in [6.07, 6.45) is 3.85. The number of fused-ring (bicyclic) bond motifs is 2. The molecule has 14 heteroatoms. The molecule has 2 bridgehead atoms. The van der Waals surface area contributed by atoms with Crippen molar-refractivity contribution in [2.45, 2.75) is 93.9 Å². The zero-order chi connectivity index (χ0) is 35.0. The molecule has 262 valence electrons. The number of ether oxygens (including phenoxy) is 3. The van der Waals surface area contributed by atoms with Gasteiger partial charge in [0.25, 0.3) is 5.91 Å². The second kappa shape index (κ2) is 14.1. The molecule has 3 aliphatic carbocycles. The van der Waals surface area contributed by atoms with E-state index in [1.54, 1.807) is 0 Å². The van der Waals surface area contributed by atoms with Crippen LogP contribution in [0.1, 0.15) is 76.1 Å². The van der Waals surface area contributed by atoms with Gasteiger partial charge >= 0.3 is 11.5 Å². The van der Waals surface area contributed by atoms with Gasteiger partial charge in [-0.1, -0.05) is 6.07 Å². The van der Waals surface area contributed by atoms with E-state index in [4.69, 9.17) is 14.2 Å². The van der Waals surface area contributed by atoms with Gasteiger partial charge in [0.15, 0.2) is 16.5 Å². The minimum atomic E-state index is -4.95. The van der Waals surface area contributed by atoms with E-state index in [1.807, 2.05) is 20.8 Å². The maximum Gasteiger partial charge on any atom is 0.578 e. The van der Waals surface area contributed by atoms with Crippen molar-refractivity contribution >= 4 is 34.6 Å². The Morgan fingerprint density at radius 2 is 1.62 bits per heavy atom. The van der Waals surface area contributed by atoms with Crippen molar-refractivity contribution in [2.75, 3.05) is 12.4 Å². The van der Waals surface area contributed by atoms with Crippen LogP contribution in [-0.4, -0.2) is 52.7 Å². The molecule has 5 unspecified atom stereocenters. The molecule has 0 aromatic heterocycles. The number of amides is 2. The number of hydrogen-bond acceptors (Lipinski definition) is 7. The normalized spacial score (nSPS) is 26.0. The third kappa shape index (κ3) is 8.19. The van der Waals surface area contributed by atoms with E-state index in [0.717, 1.165) is 31.0 Å². The van der Waals surface area contributed by atoms with E-state index in [9.17, 15) is 32.1 Å². The molecular formula is C34H40F4N2O7S. The average molecular weight is 697 g/mol. The molecule has 3 saturated carbocycles. The van der Waals surface area contributed by atoms with Crippen molar-refractivity contribution in [1.82, 2.24) is 5.32 Å². The lowest BCUT2D eigenvalue weighted by molar-refractivity contribution is -0.161. The summed E-state index contributed by atoms with van der Waals surface area (Å²) in [7, 11) is 1.30. The van der Waals surface area contributed by atoms with Gasteiger partial charge < -0.3 is 29.4 Å². The van der Waals surface area contributed by atoms with Gasteiger partial charge in [0.1, 0.15) is 11.4 Å². The molecule has 2 amide bonds. The molecule has 3 fully saturated rings. The minimum absolute atomic E-state index is 0.0129. The topological polar surface area (TPSA) is 126 Å². The molecule has 0 heterocycles. The predicted octanol–water partition coefficient (Wildman–Crippen LogP) is 6.52. The number of anilines is 1. The quantitative estimate of drug-likeness (QED) is 0.174. The Morgan fingerprint density at radius 3 is 2.27 bits per heavy atom. The Labute approximate surface area is 279 Å². The van der Waals surface area contributed by atoms with Gasteiger partial charge in [-0.25, -0.2) is 4.39 Å². The maximum atomic E-state index is 15.1. The number of benzene rings is 2. The van der Waals surface area contributed by atoms with Gasteiger partial charge in [-0.15, -0.1) is 13.2 Å². The Morgan fingerprint density at radius 1 is 0.938 bits per heavy atom. The first kappa shape index (κ1) is 35.8. The summed E-state index contributed by atoms with van der Waals surface area (Å²) in [5.74, 6) is -3.23. The fraction of sp³-hybridized carbons (Fsp3) is 0.559. The van der Waals surface area contributed by atoms with Crippen LogP contribution in [0.25, 0.3) is 0 Å². The number of halogens is 4. The fourth-order valence-electron chi connectivity index (χ4n) is 7.11. The van der Waals surface area contributed by atoms with Crippen LogP contribution in [0.3, 0.4) is 0 Å². The number of carbonyl (C=O) groups is 3. The molecule has 48 heavy (non-hydrogen) atoms. The third-order valence-electron chi connectivity index (χ3n) is 9.25. The van der Waals surface area contributed by atoms with Crippen molar-refractivity contribution in [3.8, 4) is 11.5 Å². The zero-order valence-corrected chi connectivity index (χ0v) is 28.0. The lowest BCUT2D eigenvalue weighted by Crippen LogP contribution is -2.48. The number of nitrogens with one attached hydrogen (secondary N) is 2. The minimum Gasteiger partial charge on any atom is -0.604 e. The molecule has 3 aliphatic rings. The number of methoxy groups -OCH3 is 1. The van der Waals surface area contributed by atoms with E-state index in [-0.39, 0.29) is 52.6 Å². The first-order chi connectivity index (χ1) is 22.5. The number of rotatable bonds is 9. The van der Waals surface area contributed by atoms with Gasteiger partial charge in [0.05, 0.1) is 41.8 Å². The maximum absolute atomic E-state index is 15.1. The summed E-state index contributed by atoms with van der Waals surface area (Å²) in [6, 6.07) is 6.54. The second-order valence-corrected chi connectivity index (χ2v) is 15.2. The van der Waals surface area contributed by atoms with Gasteiger partial charge in [0, 0.05) is 23.9 Å². The summed E-state index contributed by atoms with van der Waals surface area (Å²) in [6.45, 7) is 5.42. The second-order valence-electron chi connectivity index (χ2n) is 13.7. The molecule has 5 rings (SSSR count). The van der Waals surface area contributed by atoms with Crippen molar-refractivity contribution in [3.63, 3.8) is 0 Å². The molecule has 5 atom stereocenters. The van der Waals surface area contributed by atoms with Gasteiger partial charge in [-0.05, 0) is 95.8 Å². The standard InChI is InChI=1S/C34H40F4N2O7S/c1-33(2,3)47-32(43)18-10-12-22(13-11-18)46-27-16-24(26(45-4)17-25(27)35)30(41)40-29-20-9-8-19(14-20)28(29)31(42)39-21-6-5-7-23(15-21)48(44)34(36,37)38/h5-7,15-20,22,28-29H,8-14H2,1-4H3,(H,39,42)(H,40,41). The van der Waals surface area contributed by atoms with E-state index in [0.29, 0.717) is 32.1 Å². The van der Waals surface area contributed by atoms with Crippen molar-refractivity contribution in [2.24, 2.45) is 23.7 Å². The third-order valence-corrected chi connectivity index (χ3v) is 10.4. The number of alkyl halides is 3. The van der Waals surface area contributed by atoms with Crippen LogP contribution in [0.5, 0.6) is 11.5 Å². The summed E-state index contributed by atoms with van der Waals surface area (Å²) in [5, 5.41) is 5.60. The van der Waals surface area contributed by atoms with Gasteiger partial charge in [-0.3, -0.25) is 14.4 Å². The highest BCUT2D eigenvalue weighted by atomic mass is 32.2. The summed E-state index contributed by atoms with van der Waals surface area (Å²) >= 11 is -3.26. The first-order valence-corrected chi connectivity index (χ1v) is 17.2. The molecule has 0 aliphatic heterocycles. The summed E-state index contributed by atoms with van der Waals surface area (Å²) in [5.41, 5.74) is -5.47. The van der Waals surface area contributed by atoms with Crippen LogP contribution in [0.2, 0.25) is 0 Å². The fourth-order valence-corrected chi connectivity index (χ4v) is 7.81. The predicted molar refractivity (Wildman–Crippen MR) is 168 cm³/mol. The number of hydrogen-bond donors (Lipinski definition) is 2. The molecule has 0 saturated heterocycles. The molecule has 0 radical (unpaired) electrons. The zero-order valence-electron chi connectivity index (χ0n) is 27.2. The Balaban J connectivity index is 1.27. The lowest BCUT2D eigenvalue weighted by Gasteiger charge is -2.31. The molecular weight excluding hydrogens is 656 g/mol. The summed E-state index contributed by atoms with van der Waals surface area (Å²) in [4.78, 5) is 39.2.